The van der Waals surface area contributed by atoms with Crippen LogP contribution in [0.3, 0.4) is 0 Å². The van der Waals surface area contributed by atoms with Gasteiger partial charge >= 0.3 is 5.97 Å². The Balaban J connectivity index is 1.57. The number of esters is 1. The number of carbonyl (C=O) groups is 2. The molecule has 1 aliphatic rings. The number of nitrogens with zero attached hydrogens (tertiary/aromatic N) is 3. The molecule has 1 saturated heterocycles. The van der Waals surface area contributed by atoms with Crippen molar-refractivity contribution in [1.29, 1.82) is 0 Å². The zero-order valence-corrected chi connectivity index (χ0v) is 20.2. The lowest BCUT2D eigenvalue weighted by molar-refractivity contribution is -0.132. The topological polar surface area (TPSA) is 102 Å². The molecular weight excluding hydrogens is 454 g/mol. The zero-order valence-electron chi connectivity index (χ0n) is 19.4. The fourth-order valence-electron chi connectivity index (χ4n) is 3.74. The molecule has 8 nitrogen and oxygen atoms in total. The number of aromatic nitrogens is 2. The molecule has 2 heterocycles. The standard InChI is InChI=1S/C25H27N3O5S/c1-15(2)22-26-27-23(34-22)16-6-8-20(9-7-16)33-21-12-17(25(31)32-3)4-5-18(21)13-28-11-10-19(14-29)24(28)30/h4-9,12,15,19,29H,10-11,13-14H2,1-3H3. The molecule has 0 aliphatic carbocycles. The number of carbonyl (C=O) groups excluding carboxylic acids is 2. The predicted molar refractivity (Wildman–Crippen MR) is 128 cm³/mol. The molecule has 1 fully saturated rings. The van der Waals surface area contributed by atoms with Crippen molar-refractivity contribution in [2.45, 2.75) is 32.7 Å². The second-order valence-electron chi connectivity index (χ2n) is 8.47. The van der Waals surface area contributed by atoms with Gasteiger partial charge in [-0.3, -0.25) is 4.79 Å². The van der Waals surface area contributed by atoms with Crippen LogP contribution < -0.4 is 4.74 Å². The maximum Gasteiger partial charge on any atom is 0.337 e. The number of ether oxygens (including phenoxy) is 2. The van der Waals surface area contributed by atoms with Crippen molar-refractivity contribution in [3.05, 3.63) is 58.6 Å². The summed E-state index contributed by atoms with van der Waals surface area (Å²) in [5, 5.41) is 19.7. The first kappa shape index (κ1) is 23.8. The minimum Gasteiger partial charge on any atom is -0.465 e. The van der Waals surface area contributed by atoms with Gasteiger partial charge in [0.15, 0.2) is 0 Å². The smallest absolute Gasteiger partial charge is 0.337 e. The number of rotatable bonds is 8. The molecule has 0 bridgehead atoms. The number of benzene rings is 2. The van der Waals surface area contributed by atoms with E-state index in [-0.39, 0.29) is 18.4 Å². The maximum absolute atomic E-state index is 12.5. The summed E-state index contributed by atoms with van der Waals surface area (Å²) in [4.78, 5) is 26.3. The molecule has 1 amide bonds. The van der Waals surface area contributed by atoms with Gasteiger partial charge in [0.2, 0.25) is 5.91 Å². The van der Waals surface area contributed by atoms with Gasteiger partial charge in [0.25, 0.3) is 0 Å². The molecule has 2 aromatic carbocycles. The average molecular weight is 482 g/mol. The van der Waals surface area contributed by atoms with Crippen LogP contribution in [0.25, 0.3) is 10.6 Å². The SMILES string of the molecule is COC(=O)c1ccc(CN2CCC(CO)C2=O)c(Oc2ccc(-c3nnc(C(C)C)s3)cc2)c1. The molecule has 9 heteroatoms. The summed E-state index contributed by atoms with van der Waals surface area (Å²) in [7, 11) is 1.32. The average Bonchev–Trinajstić information content (AvgIpc) is 3.47. The summed E-state index contributed by atoms with van der Waals surface area (Å²) < 4.78 is 11.0. The van der Waals surface area contributed by atoms with Crippen molar-refractivity contribution in [3.8, 4) is 22.1 Å². The Labute approximate surface area is 202 Å². The van der Waals surface area contributed by atoms with E-state index in [0.717, 1.165) is 21.1 Å². The Hall–Kier alpha value is -3.30. The quantitative estimate of drug-likeness (QED) is 0.480. The normalized spacial score (nSPS) is 15.7. The molecule has 1 N–H and O–H groups in total. The van der Waals surface area contributed by atoms with E-state index in [1.54, 1.807) is 34.4 Å². The van der Waals surface area contributed by atoms with E-state index in [0.29, 0.717) is 42.5 Å². The lowest BCUT2D eigenvalue weighted by Gasteiger charge is -2.19. The Bertz CT molecular complexity index is 1180. The second kappa shape index (κ2) is 10.3. The molecule has 1 unspecified atom stereocenters. The van der Waals surface area contributed by atoms with E-state index in [4.69, 9.17) is 9.47 Å². The lowest BCUT2D eigenvalue weighted by Crippen LogP contribution is -2.28. The highest BCUT2D eigenvalue weighted by molar-refractivity contribution is 7.14. The van der Waals surface area contributed by atoms with E-state index >= 15 is 0 Å². The van der Waals surface area contributed by atoms with E-state index in [9.17, 15) is 14.7 Å². The third-order valence-corrected chi connectivity index (χ3v) is 7.01. The van der Waals surface area contributed by atoms with Crippen LogP contribution in [0.4, 0.5) is 0 Å². The maximum atomic E-state index is 12.5. The number of methoxy groups -OCH3 is 1. The van der Waals surface area contributed by atoms with Crippen LogP contribution in [0.15, 0.2) is 42.5 Å². The molecule has 1 atom stereocenters. The molecule has 3 aromatic rings. The van der Waals surface area contributed by atoms with Crippen LogP contribution >= 0.6 is 11.3 Å². The van der Waals surface area contributed by atoms with Crippen molar-refractivity contribution in [2.24, 2.45) is 5.92 Å². The Morgan fingerprint density at radius 1 is 1.21 bits per heavy atom. The predicted octanol–water partition coefficient (Wildman–Crippen LogP) is 4.25. The van der Waals surface area contributed by atoms with Gasteiger partial charge < -0.3 is 19.5 Å². The molecule has 1 aromatic heterocycles. The third-order valence-electron chi connectivity index (χ3n) is 5.74. The Kier molecular flexibility index (Phi) is 7.23. The first-order chi connectivity index (χ1) is 16.4. The summed E-state index contributed by atoms with van der Waals surface area (Å²) in [6.07, 6.45) is 0.622. The number of hydrogen-bond acceptors (Lipinski definition) is 8. The highest BCUT2D eigenvalue weighted by Gasteiger charge is 2.31. The first-order valence-corrected chi connectivity index (χ1v) is 11.9. The first-order valence-electron chi connectivity index (χ1n) is 11.1. The van der Waals surface area contributed by atoms with E-state index in [1.807, 2.05) is 24.3 Å². The van der Waals surface area contributed by atoms with Crippen molar-refractivity contribution in [2.75, 3.05) is 20.3 Å². The van der Waals surface area contributed by atoms with Crippen LogP contribution in [0.5, 0.6) is 11.5 Å². The fraction of sp³-hybridized carbons (Fsp3) is 0.360. The van der Waals surface area contributed by atoms with E-state index < -0.39 is 5.97 Å². The molecule has 1 aliphatic heterocycles. The summed E-state index contributed by atoms with van der Waals surface area (Å²) in [5.74, 6) is 0.470. The summed E-state index contributed by atoms with van der Waals surface area (Å²) in [6.45, 7) is 4.91. The Morgan fingerprint density at radius 3 is 2.59 bits per heavy atom. The minimum atomic E-state index is -0.471. The number of aliphatic hydroxyl groups excluding tert-OH is 1. The van der Waals surface area contributed by atoms with Crippen LogP contribution in [0, 0.1) is 5.92 Å². The number of amides is 1. The minimum absolute atomic E-state index is 0.0762. The largest absolute Gasteiger partial charge is 0.465 e. The second-order valence-corrected chi connectivity index (χ2v) is 9.48. The highest BCUT2D eigenvalue weighted by atomic mass is 32.1. The van der Waals surface area contributed by atoms with E-state index in [1.165, 1.54) is 7.11 Å². The monoisotopic (exact) mass is 481 g/mol. The molecule has 4 rings (SSSR count). The summed E-state index contributed by atoms with van der Waals surface area (Å²) in [5.41, 5.74) is 2.06. The molecule has 178 valence electrons. The van der Waals surface area contributed by atoms with E-state index in [2.05, 4.69) is 24.0 Å². The van der Waals surface area contributed by atoms with Crippen molar-refractivity contribution in [3.63, 3.8) is 0 Å². The number of aliphatic hydroxyl groups is 1. The molecule has 34 heavy (non-hydrogen) atoms. The Morgan fingerprint density at radius 2 is 1.97 bits per heavy atom. The van der Waals surface area contributed by atoms with Gasteiger partial charge in [-0.05, 0) is 42.8 Å². The van der Waals surface area contributed by atoms with Crippen molar-refractivity contribution < 1.29 is 24.2 Å². The van der Waals surface area contributed by atoms with Crippen molar-refractivity contribution in [1.82, 2.24) is 15.1 Å². The highest BCUT2D eigenvalue weighted by Crippen LogP contribution is 2.32. The van der Waals surface area contributed by atoms with Crippen LogP contribution in [-0.4, -0.2) is 52.3 Å². The van der Waals surface area contributed by atoms with Gasteiger partial charge in [0.05, 0.1) is 25.2 Å². The number of hydrogen-bond donors (Lipinski definition) is 1. The van der Waals surface area contributed by atoms with Gasteiger partial charge in [0, 0.05) is 30.1 Å². The van der Waals surface area contributed by atoms with Gasteiger partial charge in [-0.1, -0.05) is 31.3 Å². The molecule has 0 saturated carbocycles. The third kappa shape index (κ3) is 5.10. The molecule has 0 radical (unpaired) electrons. The van der Waals surface area contributed by atoms with Gasteiger partial charge in [0.1, 0.15) is 21.5 Å². The van der Waals surface area contributed by atoms with Crippen LogP contribution in [-0.2, 0) is 16.1 Å². The molecule has 0 spiro atoms. The van der Waals surface area contributed by atoms with Crippen molar-refractivity contribution >= 4 is 23.2 Å². The zero-order chi connectivity index (χ0) is 24.2. The van der Waals surface area contributed by atoms with Gasteiger partial charge in [-0.25, -0.2) is 4.79 Å². The van der Waals surface area contributed by atoms with Crippen LogP contribution in [0.1, 0.15) is 47.1 Å². The van der Waals surface area contributed by atoms with Gasteiger partial charge in [-0.15, -0.1) is 10.2 Å². The number of likely N-dealkylation sites (tertiary alicyclic amines) is 1. The summed E-state index contributed by atoms with van der Waals surface area (Å²) in [6, 6.07) is 12.6. The molecular formula is C25H27N3O5S. The van der Waals surface area contributed by atoms with Crippen LogP contribution in [0.2, 0.25) is 0 Å². The fourth-order valence-corrected chi connectivity index (χ4v) is 4.59. The summed E-state index contributed by atoms with van der Waals surface area (Å²) >= 11 is 1.56. The lowest BCUT2D eigenvalue weighted by atomic mass is 10.1. The van der Waals surface area contributed by atoms with Gasteiger partial charge in [-0.2, -0.15) is 0 Å².